The molecule has 18 heavy (non-hydrogen) atoms. The number of nitrogens with one attached hydrogen (secondary N) is 2. The van der Waals surface area contributed by atoms with Gasteiger partial charge in [-0.25, -0.2) is 0 Å². The van der Waals surface area contributed by atoms with E-state index in [4.69, 9.17) is 4.74 Å². The Morgan fingerprint density at radius 3 is 2.72 bits per heavy atom. The number of rotatable bonds is 1. The number of benzene rings is 2. The Kier molecular flexibility index (Phi) is 2.88. The first kappa shape index (κ1) is 11.4. The molecular formula is C14H13BrN2O. The standard InChI is InChI=1S/C14H13BrN2O/c1-18-11-3-5-12-9(6-11)8-16-13-4-2-10(15)7-14(13)17-12/h2-7,16-17H,8H2,1H3. The first-order valence-corrected chi connectivity index (χ1v) is 6.53. The molecule has 92 valence electrons. The minimum Gasteiger partial charge on any atom is -0.497 e. The first-order valence-electron chi connectivity index (χ1n) is 5.73. The van der Waals surface area contributed by atoms with Crippen molar-refractivity contribution in [1.29, 1.82) is 0 Å². The van der Waals surface area contributed by atoms with Gasteiger partial charge in [-0.3, -0.25) is 0 Å². The van der Waals surface area contributed by atoms with Crippen LogP contribution >= 0.6 is 15.9 Å². The molecule has 1 heterocycles. The van der Waals surface area contributed by atoms with Crippen LogP contribution in [0.1, 0.15) is 5.56 Å². The predicted molar refractivity (Wildman–Crippen MR) is 77.7 cm³/mol. The van der Waals surface area contributed by atoms with Crippen LogP contribution in [-0.2, 0) is 6.54 Å². The van der Waals surface area contributed by atoms with E-state index < -0.39 is 0 Å². The second-order valence-electron chi connectivity index (χ2n) is 4.19. The molecule has 0 fully saturated rings. The van der Waals surface area contributed by atoms with Crippen LogP contribution < -0.4 is 15.4 Å². The lowest BCUT2D eigenvalue weighted by molar-refractivity contribution is 0.414. The zero-order valence-electron chi connectivity index (χ0n) is 9.96. The van der Waals surface area contributed by atoms with Gasteiger partial charge in [-0.2, -0.15) is 0 Å². The quantitative estimate of drug-likeness (QED) is 0.831. The zero-order valence-corrected chi connectivity index (χ0v) is 11.5. The Bertz CT molecular complexity index is 598. The van der Waals surface area contributed by atoms with Gasteiger partial charge in [0, 0.05) is 16.7 Å². The molecule has 0 atom stereocenters. The van der Waals surface area contributed by atoms with Crippen LogP contribution in [-0.4, -0.2) is 7.11 Å². The predicted octanol–water partition coefficient (Wildman–Crippen LogP) is 4.13. The SMILES string of the molecule is COc1ccc2c(c1)CNc1ccc(Br)cc1N2. The Hall–Kier alpha value is -1.68. The second-order valence-corrected chi connectivity index (χ2v) is 5.11. The van der Waals surface area contributed by atoms with Crippen LogP contribution in [0.3, 0.4) is 0 Å². The summed E-state index contributed by atoms with van der Waals surface area (Å²) in [6, 6.07) is 12.2. The number of hydrogen-bond acceptors (Lipinski definition) is 3. The van der Waals surface area contributed by atoms with Gasteiger partial charge < -0.3 is 15.4 Å². The van der Waals surface area contributed by atoms with E-state index in [1.807, 2.05) is 18.2 Å². The van der Waals surface area contributed by atoms with E-state index in [2.05, 4.69) is 44.8 Å². The van der Waals surface area contributed by atoms with Gasteiger partial charge >= 0.3 is 0 Å². The van der Waals surface area contributed by atoms with Crippen molar-refractivity contribution in [3.63, 3.8) is 0 Å². The van der Waals surface area contributed by atoms with Crippen LogP contribution in [0, 0.1) is 0 Å². The van der Waals surface area contributed by atoms with E-state index in [-0.39, 0.29) is 0 Å². The van der Waals surface area contributed by atoms with Crippen LogP contribution in [0.2, 0.25) is 0 Å². The fraction of sp³-hybridized carbons (Fsp3) is 0.143. The van der Waals surface area contributed by atoms with Gasteiger partial charge in [-0.15, -0.1) is 0 Å². The molecule has 0 bridgehead atoms. The Labute approximate surface area is 114 Å². The van der Waals surface area contributed by atoms with Crippen molar-refractivity contribution in [1.82, 2.24) is 0 Å². The van der Waals surface area contributed by atoms with Crippen molar-refractivity contribution in [2.45, 2.75) is 6.54 Å². The zero-order chi connectivity index (χ0) is 12.5. The molecule has 3 rings (SSSR count). The van der Waals surface area contributed by atoms with Crippen LogP contribution in [0.4, 0.5) is 17.1 Å². The molecule has 3 nitrogen and oxygen atoms in total. The summed E-state index contributed by atoms with van der Waals surface area (Å²) >= 11 is 3.49. The van der Waals surface area contributed by atoms with E-state index in [1.54, 1.807) is 7.11 Å². The molecule has 0 spiro atoms. The highest BCUT2D eigenvalue weighted by Crippen LogP contribution is 2.35. The summed E-state index contributed by atoms with van der Waals surface area (Å²) in [5.74, 6) is 0.879. The Morgan fingerprint density at radius 1 is 1.06 bits per heavy atom. The number of anilines is 3. The van der Waals surface area contributed by atoms with Gasteiger partial charge in [-0.1, -0.05) is 15.9 Å². The molecule has 0 saturated carbocycles. The summed E-state index contributed by atoms with van der Waals surface area (Å²) in [7, 11) is 1.69. The lowest BCUT2D eigenvalue weighted by atomic mass is 10.1. The Morgan fingerprint density at radius 2 is 1.89 bits per heavy atom. The number of hydrogen-bond donors (Lipinski definition) is 2. The minimum atomic E-state index is 0.786. The van der Waals surface area contributed by atoms with Crippen molar-refractivity contribution in [2.75, 3.05) is 17.7 Å². The van der Waals surface area contributed by atoms with Gasteiger partial charge in [0.2, 0.25) is 0 Å². The van der Waals surface area contributed by atoms with E-state index >= 15 is 0 Å². The molecule has 4 heteroatoms. The van der Waals surface area contributed by atoms with Crippen LogP contribution in [0.25, 0.3) is 0 Å². The van der Waals surface area contributed by atoms with E-state index in [1.165, 1.54) is 5.56 Å². The average Bonchev–Trinajstić information content (AvgIpc) is 2.56. The normalized spacial score (nSPS) is 12.6. The van der Waals surface area contributed by atoms with Gasteiger partial charge in [-0.05, 0) is 42.0 Å². The molecule has 2 aromatic carbocycles. The topological polar surface area (TPSA) is 33.3 Å². The Balaban J connectivity index is 2.03. The van der Waals surface area contributed by atoms with E-state index in [0.29, 0.717) is 0 Å². The summed E-state index contributed by atoms with van der Waals surface area (Å²) in [5.41, 5.74) is 4.49. The highest BCUT2D eigenvalue weighted by Gasteiger charge is 2.12. The van der Waals surface area contributed by atoms with E-state index in [0.717, 1.165) is 33.8 Å². The molecule has 0 saturated heterocycles. The maximum Gasteiger partial charge on any atom is 0.119 e. The molecule has 0 aliphatic carbocycles. The highest BCUT2D eigenvalue weighted by molar-refractivity contribution is 9.10. The third-order valence-electron chi connectivity index (χ3n) is 3.03. The second kappa shape index (κ2) is 4.53. The van der Waals surface area contributed by atoms with Gasteiger partial charge in [0.15, 0.2) is 0 Å². The smallest absolute Gasteiger partial charge is 0.119 e. The van der Waals surface area contributed by atoms with Crippen LogP contribution in [0.5, 0.6) is 5.75 Å². The third kappa shape index (κ3) is 2.04. The van der Waals surface area contributed by atoms with Crippen molar-refractivity contribution < 1.29 is 4.74 Å². The number of methoxy groups -OCH3 is 1. The monoisotopic (exact) mass is 304 g/mol. The summed E-state index contributed by atoms with van der Waals surface area (Å²) < 4.78 is 6.32. The van der Waals surface area contributed by atoms with Crippen molar-refractivity contribution in [3.05, 3.63) is 46.4 Å². The molecule has 0 radical (unpaired) electrons. The third-order valence-corrected chi connectivity index (χ3v) is 3.53. The van der Waals surface area contributed by atoms with Crippen molar-refractivity contribution in [3.8, 4) is 5.75 Å². The molecule has 2 aromatic rings. The molecule has 0 aromatic heterocycles. The van der Waals surface area contributed by atoms with Gasteiger partial charge in [0.05, 0.1) is 18.5 Å². The lowest BCUT2D eigenvalue weighted by Crippen LogP contribution is -1.97. The van der Waals surface area contributed by atoms with Gasteiger partial charge in [0.1, 0.15) is 5.75 Å². The molecular weight excluding hydrogens is 292 g/mol. The first-order chi connectivity index (χ1) is 8.76. The summed E-state index contributed by atoms with van der Waals surface area (Å²) in [6.45, 7) is 0.786. The molecule has 0 amide bonds. The largest absolute Gasteiger partial charge is 0.497 e. The fourth-order valence-corrected chi connectivity index (χ4v) is 2.44. The molecule has 1 aliphatic heterocycles. The number of ether oxygens (including phenoxy) is 1. The summed E-state index contributed by atoms with van der Waals surface area (Å²) in [4.78, 5) is 0. The molecule has 1 aliphatic rings. The number of fused-ring (bicyclic) bond motifs is 2. The summed E-state index contributed by atoms with van der Waals surface area (Å²) in [5, 5.41) is 6.87. The van der Waals surface area contributed by atoms with E-state index in [9.17, 15) is 0 Å². The maximum absolute atomic E-state index is 5.25. The molecule has 2 N–H and O–H groups in total. The van der Waals surface area contributed by atoms with Crippen molar-refractivity contribution in [2.24, 2.45) is 0 Å². The van der Waals surface area contributed by atoms with Crippen LogP contribution in [0.15, 0.2) is 40.9 Å². The van der Waals surface area contributed by atoms with Crippen molar-refractivity contribution >= 4 is 33.0 Å². The average molecular weight is 305 g/mol. The number of halogens is 1. The molecule has 0 unspecified atom stereocenters. The maximum atomic E-state index is 5.25. The fourth-order valence-electron chi connectivity index (χ4n) is 2.07. The summed E-state index contributed by atoms with van der Waals surface area (Å²) in [6.07, 6.45) is 0. The minimum absolute atomic E-state index is 0.786. The van der Waals surface area contributed by atoms with Gasteiger partial charge in [0.25, 0.3) is 0 Å². The lowest BCUT2D eigenvalue weighted by Gasteiger charge is -2.10. The highest BCUT2D eigenvalue weighted by atomic mass is 79.9.